The standard InChI is InChI=1S/C10H13Cl.C10H14.CH4/c1-7(2)9-5-4-8(3)10(11)6-9;1-8(2)10-6-4-5-9(3)7-10;/h4-7H,1-3H3;4-8H,1-3H3;1H4. The summed E-state index contributed by atoms with van der Waals surface area (Å²) in [5, 5.41) is 0.871. The van der Waals surface area contributed by atoms with Crippen LogP contribution in [0.2, 0.25) is 5.02 Å². The van der Waals surface area contributed by atoms with Crippen LogP contribution >= 0.6 is 11.6 Å². The van der Waals surface area contributed by atoms with E-state index in [9.17, 15) is 0 Å². The second kappa shape index (κ2) is 9.69. The van der Waals surface area contributed by atoms with Crippen molar-refractivity contribution in [3.8, 4) is 0 Å². The molecule has 0 saturated carbocycles. The molecular weight excluding hydrogens is 288 g/mol. The van der Waals surface area contributed by atoms with E-state index in [1.165, 1.54) is 16.7 Å². The van der Waals surface area contributed by atoms with Gasteiger partial charge in [0.1, 0.15) is 0 Å². The van der Waals surface area contributed by atoms with E-state index in [4.69, 9.17) is 11.6 Å². The van der Waals surface area contributed by atoms with Crippen molar-refractivity contribution in [1.82, 2.24) is 0 Å². The zero-order valence-electron chi connectivity index (χ0n) is 14.1. The summed E-state index contributed by atoms with van der Waals surface area (Å²) in [7, 11) is 0. The fourth-order valence-electron chi connectivity index (χ4n) is 2.00. The van der Waals surface area contributed by atoms with E-state index in [2.05, 4.69) is 71.0 Å². The minimum Gasteiger partial charge on any atom is -0.0840 e. The minimum absolute atomic E-state index is 0. The predicted molar refractivity (Wildman–Crippen MR) is 102 cm³/mol. The molecule has 0 aliphatic rings. The Hall–Kier alpha value is -1.27. The Morgan fingerprint density at radius 1 is 0.773 bits per heavy atom. The van der Waals surface area contributed by atoms with Gasteiger partial charge < -0.3 is 0 Å². The first-order valence-corrected chi connectivity index (χ1v) is 8.01. The van der Waals surface area contributed by atoms with Crippen molar-refractivity contribution in [3.63, 3.8) is 0 Å². The van der Waals surface area contributed by atoms with Crippen LogP contribution in [0.1, 0.15) is 69.2 Å². The van der Waals surface area contributed by atoms with Gasteiger partial charge in [-0.2, -0.15) is 0 Å². The van der Waals surface area contributed by atoms with E-state index in [0.717, 1.165) is 10.6 Å². The van der Waals surface area contributed by atoms with Crippen LogP contribution in [-0.4, -0.2) is 0 Å². The largest absolute Gasteiger partial charge is 0.0840 e. The molecule has 0 unspecified atom stereocenters. The van der Waals surface area contributed by atoms with Gasteiger partial charge >= 0.3 is 0 Å². The number of halogens is 1. The molecule has 1 heteroatoms. The van der Waals surface area contributed by atoms with Crippen molar-refractivity contribution >= 4 is 11.6 Å². The van der Waals surface area contributed by atoms with E-state index in [-0.39, 0.29) is 7.43 Å². The van der Waals surface area contributed by atoms with Crippen LogP contribution in [0.3, 0.4) is 0 Å². The molecule has 0 aliphatic carbocycles. The van der Waals surface area contributed by atoms with Crippen molar-refractivity contribution in [1.29, 1.82) is 0 Å². The first kappa shape index (κ1) is 20.7. The van der Waals surface area contributed by atoms with Gasteiger partial charge in [0, 0.05) is 5.02 Å². The molecule has 0 amide bonds. The fourth-order valence-corrected chi connectivity index (χ4v) is 2.19. The van der Waals surface area contributed by atoms with Crippen molar-refractivity contribution in [2.45, 2.75) is 60.8 Å². The fraction of sp³-hybridized carbons (Fsp3) is 0.429. The highest BCUT2D eigenvalue weighted by Gasteiger charge is 2.00. The summed E-state index contributed by atoms with van der Waals surface area (Å²) < 4.78 is 0. The van der Waals surface area contributed by atoms with Crippen LogP contribution in [0.5, 0.6) is 0 Å². The third kappa shape index (κ3) is 6.66. The molecule has 0 heterocycles. The maximum atomic E-state index is 5.96. The Bertz CT molecular complexity index is 568. The molecule has 2 rings (SSSR count). The number of rotatable bonds is 2. The molecule has 0 radical (unpaired) electrons. The lowest BCUT2D eigenvalue weighted by Gasteiger charge is -2.06. The lowest BCUT2D eigenvalue weighted by molar-refractivity contribution is 0.865. The number of hydrogen-bond donors (Lipinski definition) is 0. The topological polar surface area (TPSA) is 0 Å². The zero-order valence-corrected chi connectivity index (χ0v) is 14.8. The van der Waals surface area contributed by atoms with Gasteiger partial charge in [0.2, 0.25) is 0 Å². The van der Waals surface area contributed by atoms with Gasteiger partial charge in [0.25, 0.3) is 0 Å². The second-order valence-corrected chi connectivity index (χ2v) is 6.64. The molecule has 0 bridgehead atoms. The molecule has 0 fully saturated rings. The summed E-state index contributed by atoms with van der Waals surface area (Å²) in [6, 6.07) is 14.9. The summed E-state index contributed by atoms with van der Waals surface area (Å²) >= 11 is 5.96. The van der Waals surface area contributed by atoms with Crippen LogP contribution in [0.4, 0.5) is 0 Å². The van der Waals surface area contributed by atoms with Crippen LogP contribution in [0, 0.1) is 13.8 Å². The molecule has 0 atom stereocenters. The van der Waals surface area contributed by atoms with Gasteiger partial charge in [0.05, 0.1) is 0 Å². The smallest absolute Gasteiger partial charge is 0.0438 e. The molecule has 0 N–H and O–H groups in total. The molecule has 22 heavy (non-hydrogen) atoms. The quantitative estimate of drug-likeness (QED) is 0.537. The van der Waals surface area contributed by atoms with Crippen molar-refractivity contribution in [3.05, 3.63) is 69.7 Å². The summed E-state index contributed by atoms with van der Waals surface area (Å²) in [5.74, 6) is 1.22. The highest BCUT2D eigenvalue weighted by molar-refractivity contribution is 6.31. The van der Waals surface area contributed by atoms with E-state index >= 15 is 0 Å². The third-order valence-electron chi connectivity index (χ3n) is 3.57. The van der Waals surface area contributed by atoms with Gasteiger partial charge in [0.15, 0.2) is 0 Å². The SMILES string of the molecule is C.Cc1ccc(C(C)C)cc1Cl.Cc1cccc(C(C)C)c1. The molecule has 0 saturated heterocycles. The Morgan fingerprint density at radius 2 is 1.32 bits per heavy atom. The van der Waals surface area contributed by atoms with E-state index < -0.39 is 0 Å². The molecule has 0 nitrogen and oxygen atoms in total. The van der Waals surface area contributed by atoms with Gasteiger partial charge in [-0.05, 0) is 48.4 Å². The molecule has 122 valence electrons. The first-order chi connectivity index (χ1) is 9.81. The predicted octanol–water partition coefficient (Wildman–Crippen LogP) is 7.53. The lowest BCUT2D eigenvalue weighted by Crippen LogP contribution is -1.87. The molecular formula is C21H31Cl. The molecule has 2 aromatic rings. The highest BCUT2D eigenvalue weighted by atomic mass is 35.5. The van der Waals surface area contributed by atoms with Crippen molar-refractivity contribution < 1.29 is 0 Å². The number of benzene rings is 2. The minimum atomic E-state index is 0. The van der Waals surface area contributed by atoms with Crippen molar-refractivity contribution in [2.75, 3.05) is 0 Å². The normalized spacial score (nSPS) is 10.0. The first-order valence-electron chi connectivity index (χ1n) is 7.64. The van der Waals surface area contributed by atoms with E-state index in [0.29, 0.717) is 11.8 Å². The molecule has 0 aliphatic heterocycles. The average molecular weight is 319 g/mol. The summed E-state index contributed by atoms with van der Waals surface area (Å²) in [4.78, 5) is 0. The van der Waals surface area contributed by atoms with Crippen LogP contribution < -0.4 is 0 Å². The molecule has 2 aromatic carbocycles. The van der Waals surface area contributed by atoms with Gasteiger partial charge in [-0.3, -0.25) is 0 Å². The lowest BCUT2D eigenvalue weighted by atomic mass is 10.0. The van der Waals surface area contributed by atoms with E-state index in [1.807, 2.05) is 13.0 Å². The third-order valence-corrected chi connectivity index (χ3v) is 3.98. The maximum Gasteiger partial charge on any atom is 0.0438 e. The number of hydrogen-bond acceptors (Lipinski definition) is 0. The Morgan fingerprint density at radius 3 is 1.73 bits per heavy atom. The highest BCUT2D eigenvalue weighted by Crippen LogP contribution is 2.21. The zero-order chi connectivity index (χ0) is 16.0. The maximum absolute atomic E-state index is 5.96. The Balaban J connectivity index is 0.000000385. The summed E-state index contributed by atoms with van der Waals surface area (Å²) in [6.07, 6.45) is 0. The molecule has 0 spiro atoms. The van der Waals surface area contributed by atoms with E-state index in [1.54, 1.807) is 0 Å². The van der Waals surface area contributed by atoms with Crippen molar-refractivity contribution in [2.24, 2.45) is 0 Å². The summed E-state index contributed by atoms with van der Waals surface area (Å²) in [6.45, 7) is 12.9. The van der Waals surface area contributed by atoms with Crippen LogP contribution in [-0.2, 0) is 0 Å². The Kier molecular flexibility index (Phi) is 9.13. The monoisotopic (exact) mass is 318 g/mol. The Labute approximate surface area is 142 Å². The second-order valence-electron chi connectivity index (χ2n) is 6.23. The summed E-state index contributed by atoms with van der Waals surface area (Å²) in [5.41, 5.74) is 5.24. The average Bonchev–Trinajstić information content (AvgIpc) is 2.42. The molecule has 0 aromatic heterocycles. The number of aryl methyl sites for hydroxylation is 2. The van der Waals surface area contributed by atoms with Gasteiger partial charge in [-0.15, -0.1) is 0 Å². The van der Waals surface area contributed by atoms with Gasteiger partial charge in [-0.25, -0.2) is 0 Å². The van der Waals surface area contributed by atoms with Crippen LogP contribution in [0.25, 0.3) is 0 Å². The van der Waals surface area contributed by atoms with Gasteiger partial charge in [-0.1, -0.05) is 88.7 Å². The van der Waals surface area contributed by atoms with Crippen LogP contribution in [0.15, 0.2) is 42.5 Å².